The third-order valence-electron chi connectivity index (χ3n) is 9.34. The summed E-state index contributed by atoms with van der Waals surface area (Å²) in [5.74, 6) is 2.54. The normalized spacial score (nSPS) is 29.4. The van der Waals surface area contributed by atoms with E-state index in [9.17, 15) is 0 Å². The summed E-state index contributed by atoms with van der Waals surface area (Å²) in [5, 5.41) is 0. The smallest absolute Gasteiger partial charge is 0.119 e. The molecule has 0 amide bonds. The minimum atomic E-state index is 0. The molecule has 32 heavy (non-hydrogen) atoms. The standard InChI is InChI=1S/C27H44N2O2.ClH/c1-21-7-6-12-27(4,26(21,2)3)24-19-23(30-5)8-9-25(24)29-15-13-28(14-16-29)20-22-10-17-31-18-11-22;/h8-9,19,21-22H,6-7,10-18,20H2,1-5H3;1H. The molecular formula is C27H45ClN2O2. The molecule has 0 spiro atoms. The van der Waals surface area contributed by atoms with Crippen LogP contribution in [0.2, 0.25) is 0 Å². The molecule has 1 aliphatic carbocycles. The second kappa shape index (κ2) is 10.5. The third-order valence-corrected chi connectivity index (χ3v) is 9.34. The number of hydrogen-bond acceptors (Lipinski definition) is 4. The Hall–Kier alpha value is -0.970. The van der Waals surface area contributed by atoms with Gasteiger partial charge in [0.05, 0.1) is 7.11 Å². The average Bonchev–Trinajstić information content (AvgIpc) is 2.78. The van der Waals surface area contributed by atoms with Crippen LogP contribution < -0.4 is 9.64 Å². The van der Waals surface area contributed by atoms with Gasteiger partial charge in [0.2, 0.25) is 0 Å². The molecule has 0 radical (unpaired) electrons. The van der Waals surface area contributed by atoms with Crippen molar-refractivity contribution in [2.24, 2.45) is 17.3 Å². The second-order valence-corrected chi connectivity index (χ2v) is 11.1. The monoisotopic (exact) mass is 464 g/mol. The highest BCUT2D eigenvalue weighted by atomic mass is 35.5. The molecule has 2 heterocycles. The van der Waals surface area contributed by atoms with E-state index in [1.54, 1.807) is 7.11 Å². The average molecular weight is 465 g/mol. The highest BCUT2D eigenvalue weighted by molar-refractivity contribution is 5.85. The van der Waals surface area contributed by atoms with Crippen molar-refractivity contribution < 1.29 is 9.47 Å². The van der Waals surface area contributed by atoms with E-state index in [0.717, 1.165) is 43.9 Å². The van der Waals surface area contributed by atoms with Crippen LogP contribution in [0.3, 0.4) is 0 Å². The minimum Gasteiger partial charge on any atom is -0.497 e. The van der Waals surface area contributed by atoms with Gasteiger partial charge in [-0.05, 0) is 60.3 Å². The van der Waals surface area contributed by atoms with Gasteiger partial charge in [0.1, 0.15) is 5.75 Å². The Balaban J connectivity index is 0.00000289. The molecule has 2 saturated heterocycles. The zero-order valence-corrected chi connectivity index (χ0v) is 21.8. The van der Waals surface area contributed by atoms with Gasteiger partial charge in [-0.15, -0.1) is 12.4 Å². The van der Waals surface area contributed by atoms with Crippen LogP contribution in [0.25, 0.3) is 0 Å². The first-order valence-corrected chi connectivity index (χ1v) is 12.6. The van der Waals surface area contributed by atoms with E-state index in [-0.39, 0.29) is 23.2 Å². The summed E-state index contributed by atoms with van der Waals surface area (Å²) in [5.41, 5.74) is 3.36. The van der Waals surface area contributed by atoms with Crippen molar-refractivity contribution >= 4 is 18.1 Å². The van der Waals surface area contributed by atoms with Crippen molar-refractivity contribution in [2.75, 3.05) is 57.9 Å². The van der Waals surface area contributed by atoms with Crippen LogP contribution in [-0.4, -0.2) is 57.9 Å². The van der Waals surface area contributed by atoms with Gasteiger partial charge in [-0.3, -0.25) is 4.90 Å². The SMILES string of the molecule is COc1ccc(N2CCN(CC3CCOCC3)CC2)c(C2(C)CCCC(C)C2(C)C)c1.Cl. The van der Waals surface area contributed by atoms with Gasteiger partial charge < -0.3 is 14.4 Å². The Labute approximate surface area is 202 Å². The van der Waals surface area contributed by atoms with Crippen molar-refractivity contribution in [2.45, 2.75) is 65.2 Å². The van der Waals surface area contributed by atoms with E-state index in [1.807, 2.05) is 0 Å². The van der Waals surface area contributed by atoms with Crippen molar-refractivity contribution in [3.63, 3.8) is 0 Å². The topological polar surface area (TPSA) is 24.9 Å². The summed E-state index contributed by atoms with van der Waals surface area (Å²) in [6.45, 7) is 17.7. The number of anilines is 1. The van der Waals surface area contributed by atoms with E-state index in [0.29, 0.717) is 0 Å². The van der Waals surface area contributed by atoms with Crippen molar-refractivity contribution in [3.05, 3.63) is 23.8 Å². The van der Waals surface area contributed by atoms with E-state index < -0.39 is 0 Å². The Morgan fingerprint density at radius 2 is 1.72 bits per heavy atom. The molecule has 0 bridgehead atoms. The summed E-state index contributed by atoms with van der Waals surface area (Å²) in [4.78, 5) is 5.33. The van der Waals surface area contributed by atoms with Crippen LogP contribution in [0.15, 0.2) is 18.2 Å². The zero-order valence-electron chi connectivity index (χ0n) is 21.0. The lowest BCUT2D eigenvalue weighted by molar-refractivity contribution is 0.0473. The second-order valence-electron chi connectivity index (χ2n) is 11.1. The summed E-state index contributed by atoms with van der Waals surface area (Å²) >= 11 is 0. The number of halogens is 1. The first kappa shape index (κ1) is 25.6. The van der Waals surface area contributed by atoms with E-state index in [1.165, 1.54) is 63.0 Å². The number of nitrogens with zero attached hydrogens (tertiary/aromatic N) is 2. The largest absolute Gasteiger partial charge is 0.497 e. The summed E-state index contributed by atoms with van der Waals surface area (Å²) < 4.78 is 11.2. The lowest BCUT2D eigenvalue weighted by Gasteiger charge is -2.54. The quantitative estimate of drug-likeness (QED) is 0.552. The number of methoxy groups -OCH3 is 1. The fraction of sp³-hybridized carbons (Fsp3) is 0.778. The minimum absolute atomic E-state index is 0. The number of piperazine rings is 1. The molecule has 2 atom stereocenters. The van der Waals surface area contributed by atoms with E-state index in [4.69, 9.17) is 9.47 Å². The maximum atomic E-state index is 5.69. The number of benzene rings is 1. The number of rotatable bonds is 5. The van der Waals surface area contributed by atoms with Gasteiger partial charge in [0.25, 0.3) is 0 Å². The lowest BCUT2D eigenvalue weighted by Crippen LogP contribution is -2.50. The summed E-state index contributed by atoms with van der Waals surface area (Å²) in [6, 6.07) is 6.85. The van der Waals surface area contributed by atoms with Crippen LogP contribution in [0.1, 0.15) is 65.4 Å². The molecule has 1 aromatic carbocycles. The van der Waals surface area contributed by atoms with Gasteiger partial charge in [0.15, 0.2) is 0 Å². The molecule has 3 aliphatic rings. The molecule has 2 unspecified atom stereocenters. The Morgan fingerprint density at radius 3 is 2.38 bits per heavy atom. The Bertz CT molecular complexity index is 741. The fourth-order valence-electron chi connectivity index (χ4n) is 6.30. The number of ether oxygens (including phenoxy) is 2. The maximum absolute atomic E-state index is 5.69. The van der Waals surface area contributed by atoms with Gasteiger partial charge in [-0.1, -0.05) is 40.5 Å². The molecule has 2 aliphatic heterocycles. The fourth-order valence-corrected chi connectivity index (χ4v) is 6.30. The van der Waals surface area contributed by atoms with Crippen LogP contribution in [-0.2, 0) is 10.2 Å². The third kappa shape index (κ3) is 4.93. The molecule has 1 aromatic rings. The van der Waals surface area contributed by atoms with Crippen LogP contribution >= 0.6 is 12.4 Å². The maximum Gasteiger partial charge on any atom is 0.119 e. The van der Waals surface area contributed by atoms with Crippen LogP contribution in [0, 0.1) is 17.3 Å². The van der Waals surface area contributed by atoms with Gasteiger partial charge in [-0.25, -0.2) is 0 Å². The molecule has 3 fully saturated rings. The molecule has 1 saturated carbocycles. The van der Waals surface area contributed by atoms with Crippen LogP contribution in [0.5, 0.6) is 5.75 Å². The van der Waals surface area contributed by atoms with Crippen molar-refractivity contribution in [1.29, 1.82) is 0 Å². The Kier molecular flexibility index (Phi) is 8.44. The van der Waals surface area contributed by atoms with E-state index in [2.05, 4.69) is 55.7 Å². The molecule has 4 nitrogen and oxygen atoms in total. The molecule has 182 valence electrons. The molecular weight excluding hydrogens is 420 g/mol. The van der Waals surface area contributed by atoms with Gasteiger partial charge in [-0.2, -0.15) is 0 Å². The van der Waals surface area contributed by atoms with Crippen molar-refractivity contribution in [1.82, 2.24) is 4.90 Å². The van der Waals surface area contributed by atoms with Gasteiger partial charge in [0, 0.05) is 57.0 Å². The summed E-state index contributed by atoms with van der Waals surface area (Å²) in [7, 11) is 1.80. The Morgan fingerprint density at radius 1 is 1.03 bits per heavy atom. The molecule has 4 rings (SSSR count). The van der Waals surface area contributed by atoms with Crippen molar-refractivity contribution in [3.8, 4) is 5.75 Å². The van der Waals surface area contributed by atoms with Crippen LogP contribution in [0.4, 0.5) is 5.69 Å². The lowest BCUT2D eigenvalue weighted by atomic mass is 9.52. The highest BCUT2D eigenvalue weighted by Crippen LogP contribution is 2.56. The predicted octanol–water partition coefficient (Wildman–Crippen LogP) is 5.77. The summed E-state index contributed by atoms with van der Waals surface area (Å²) in [6.07, 6.45) is 6.38. The zero-order chi connectivity index (χ0) is 22.1. The first-order valence-electron chi connectivity index (χ1n) is 12.6. The highest BCUT2D eigenvalue weighted by Gasteiger charge is 2.49. The molecule has 0 aromatic heterocycles. The van der Waals surface area contributed by atoms with E-state index >= 15 is 0 Å². The molecule has 5 heteroatoms. The van der Waals surface area contributed by atoms with Gasteiger partial charge >= 0.3 is 0 Å². The predicted molar refractivity (Wildman–Crippen MR) is 137 cm³/mol. The number of hydrogen-bond donors (Lipinski definition) is 0. The molecule has 0 N–H and O–H groups in total. The first-order chi connectivity index (χ1) is 14.8.